The highest BCUT2D eigenvalue weighted by Crippen LogP contribution is 2.33. The predicted molar refractivity (Wildman–Crippen MR) is 74.4 cm³/mol. The highest BCUT2D eigenvalue weighted by molar-refractivity contribution is 5.76. The molecule has 3 nitrogen and oxygen atoms in total. The monoisotopic (exact) mass is 255 g/mol. The summed E-state index contributed by atoms with van der Waals surface area (Å²) in [4.78, 5) is 12.2. The van der Waals surface area contributed by atoms with Gasteiger partial charge in [-0.15, -0.1) is 0 Å². The number of hydrogen-bond acceptors (Lipinski definition) is 3. The molecule has 3 heteroatoms. The van der Waals surface area contributed by atoms with Gasteiger partial charge in [-0.2, -0.15) is 0 Å². The van der Waals surface area contributed by atoms with Crippen LogP contribution in [0.5, 0.6) is 0 Å². The van der Waals surface area contributed by atoms with Gasteiger partial charge in [0.05, 0.1) is 12.0 Å². The molecule has 0 aromatic rings. The molecule has 106 valence electrons. The molecule has 1 aliphatic rings. The molecule has 1 aliphatic heterocycles. The van der Waals surface area contributed by atoms with E-state index in [1.807, 2.05) is 13.8 Å². The lowest BCUT2D eigenvalue weighted by Gasteiger charge is -2.35. The van der Waals surface area contributed by atoms with Crippen molar-refractivity contribution in [1.82, 2.24) is 5.32 Å². The maximum atomic E-state index is 12.2. The number of nitrogens with one attached hydrogen (secondary N) is 1. The third-order valence-electron chi connectivity index (χ3n) is 4.00. The summed E-state index contributed by atoms with van der Waals surface area (Å²) < 4.78 is 5.44. The summed E-state index contributed by atoms with van der Waals surface area (Å²) in [5, 5.41) is 3.37. The molecule has 1 saturated heterocycles. The number of ether oxygens (including phenoxy) is 1. The first-order valence-corrected chi connectivity index (χ1v) is 7.32. The minimum absolute atomic E-state index is 0.0278. The van der Waals surface area contributed by atoms with Crippen LogP contribution in [0.1, 0.15) is 53.4 Å². The zero-order chi connectivity index (χ0) is 13.6. The fraction of sp³-hybridized carbons (Fsp3) is 0.933. The molecule has 1 atom stereocenters. The zero-order valence-electron chi connectivity index (χ0n) is 12.4. The lowest BCUT2D eigenvalue weighted by Crippen LogP contribution is -2.43. The molecule has 1 rings (SSSR count). The molecule has 0 radical (unpaired) electrons. The van der Waals surface area contributed by atoms with Crippen LogP contribution in [0.3, 0.4) is 0 Å². The molecule has 1 heterocycles. The van der Waals surface area contributed by atoms with Crippen molar-refractivity contribution in [2.75, 3.05) is 19.7 Å². The van der Waals surface area contributed by atoms with Crippen molar-refractivity contribution in [3.05, 3.63) is 0 Å². The second-order valence-corrected chi connectivity index (χ2v) is 6.44. The van der Waals surface area contributed by atoms with Gasteiger partial charge >= 0.3 is 5.97 Å². The van der Waals surface area contributed by atoms with E-state index in [-0.39, 0.29) is 11.4 Å². The standard InChI is InChI=1S/C15H29NO2/c1-12(2)7-6-10-18-14(17)15(3,4)13-8-5-9-16-11-13/h12-13,16H,5-11H2,1-4H3. The van der Waals surface area contributed by atoms with Gasteiger partial charge in [0.15, 0.2) is 0 Å². The van der Waals surface area contributed by atoms with E-state index < -0.39 is 0 Å². The van der Waals surface area contributed by atoms with Crippen LogP contribution in [-0.4, -0.2) is 25.7 Å². The fourth-order valence-electron chi connectivity index (χ4n) is 2.48. The molecule has 1 N–H and O–H groups in total. The van der Waals surface area contributed by atoms with Gasteiger partial charge in [-0.25, -0.2) is 0 Å². The predicted octanol–water partition coefficient (Wildman–Crippen LogP) is 2.99. The van der Waals surface area contributed by atoms with Gasteiger partial charge in [0.25, 0.3) is 0 Å². The summed E-state index contributed by atoms with van der Waals surface area (Å²) in [5.41, 5.74) is -0.356. The van der Waals surface area contributed by atoms with Crippen molar-refractivity contribution in [3.63, 3.8) is 0 Å². The average molecular weight is 255 g/mol. The maximum Gasteiger partial charge on any atom is 0.311 e. The third kappa shape index (κ3) is 4.60. The lowest BCUT2D eigenvalue weighted by molar-refractivity contribution is -0.157. The number of esters is 1. The Morgan fingerprint density at radius 1 is 1.44 bits per heavy atom. The van der Waals surface area contributed by atoms with Crippen LogP contribution in [-0.2, 0) is 9.53 Å². The average Bonchev–Trinajstić information content (AvgIpc) is 2.35. The van der Waals surface area contributed by atoms with E-state index in [9.17, 15) is 4.79 Å². The van der Waals surface area contributed by atoms with Crippen molar-refractivity contribution in [1.29, 1.82) is 0 Å². The third-order valence-corrected chi connectivity index (χ3v) is 4.00. The van der Waals surface area contributed by atoms with Gasteiger partial charge < -0.3 is 10.1 Å². The highest BCUT2D eigenvalue weighted by atomic mass is 16.5. The number of carbonyl (C=O) groups is 1. The van der Waals surface area contributed by atoms with Crippen LogP contribution in [0.4, 0.5) is 0 Å². The first-order valence-electron chi connectivity index (χ1n) is 7.32. The van der Waals surface area contributed by atoms with Crippen molar-refractivity contribution in [3.8, 4) is 0 Å². The largest absolute Gasteiger partial charge is 0.465 e. The van der Waals surface area contributed by atoms with Crippen molar-refractivity contribution in [2.45, 2.75) is 53.4 Å². The highest BCUT2D eigenvalue weighted by Gasteiger charge is 2.38. The molecular weight excluding hydrogens is 226 g/mol. The van der Waals surface area contributed by atoms with Gasteiger partial charge in [-0.05, 0) is 64.5 Å². The molecule has 0 aromatic carbocycles. The van der Waals surface area contributed by atoms with E-state index in [2.05, 4.69) is 19.2 Å². The molecule has 0 saturated carbocycles. The van der Waals surface area contributed by atoms with E-state index in [4.69, 9.17) is 4.74 Å². The number of carbonyl (C=O) groups excluding carboxylic acids is 1. The minimum atomic E-state index is -0.356. The molecule has 0 spiro atoms. The number of rotatable bonds is 6. The zero-order valence-corrected chi connectivity index (χ0v) is 12.4. The van der Waals surface area contributed by atoms with E-state index >= 15 is 0 Å². The van der Waals surface area contributed by atoms with Crippen LogP contribution < -0.4 is 5.32 Å². The fourth-order valence-corrected chi connectivity index (χ4v) is 2.48. The molecule has 0 aliphatic carbocycles. The topological polar surface area (TPSA) is 38.3 Å². The minimum Gasteiger partial charge on any atom is -0.465 e. The van der Waals surface area contributed by atoms with Crippen LogP contribution in [0.2, 0.25) is 0 Å². The van der Waals surface area contributed by atoms with Crippen LogP contribution >= 0.6 is 0 Å². The summed E-state index contributed by atoms with van der Waals surface area (Å²) in [5.74, 6) is 1.06. The number of hydrogen-bond donors (Lipinski definition) is 1. The van der Waals surface area contributed by atoms with Crippen molar-refractivity contribution in [2.24, 2.45) is 17.3 Å². The van der Waals surface area contributed by atoms with E-state index in [0.29, 0.717) is 18.4 Å². The molecular formula is C15H29NO2. The molecule has 0 aromatic heterocycles. The Morgan fingerprint density at radius 2 is 2.17 bits per heavy atom. The Kier molecular flexibility index (Phi) is 6.13. The quantitative estimate of drug-likeness (QED) is 0.586. The Bertz CT molecular complexity index is 255. The molecule has 0 bridgehead atoms. The Balaban J connectivity index is 2.33. The number of piperidine rings is 1. The van der Waals surface area contributed by atoms with Gasteiger partial charge in [0.1, 0.15) is 0 Å². The second-order valence-electron chi connectivity index (χ2n) is 6.44. The summed E-state index contributed by atoms with van der Waals surface area (Å²) >= 11 is 0. The van der Waals surface area contributed by atoms with Gasteiger partial charge in [0.2, 0.25) is 0 Å². The Morgan fingerprint density at radius 3 is 2.72 bits per heavy atom. The van der Waals surface area contributed by atoms with Gasteiger partial charge in [-0.1, -0.05) is 13.8 Å². The summed E-state index contributed by atoms with van der Waals surface area (Å²) in [6.45, 7) is 11.0. The summed E-state index contributed by atoms with van der Waals surface area (Å²) in [6.07, 6.45) is 4.39. The summed E-state index contributed by atoms with van der Waals surface area (Å²) in [6, 6.07) is 0. The van der Waals surface area contributed by atoms with Crippen LogP contribution in [0.25, 0.3) is 0 Å². The Hall–Kier alpha value is -0.570. The SMILES string of the molecule is CC(C)CCCOC(=O)C(C)(C)C1CCCNC1. The van der Waals surface area contributed by atoms with Crippen molar-refractivity contribution >= 4 is 5.97 Å². The van der Waals surface area contributed by atoms with E-state index in [1.54, 1.807) is 0 Å². The van der Waals surface area contributed by atoms with Gasteiger partial charge in [-0.3, -0.25) is 4.79 Å². The summed E-state index contributed by atoms with van der Waals surface area (Å²) in [7, 11) is 0. The van der Waals surface area contributed by atoms with Gasteiger partial charge in [0, 0.05) is 0 Å². The van der Waals surface area contributed by atoms with Crippen molar-refractivity contribution < 1.29 is 9.53 Å². The molecule has 1 unspecified atom stereocenters. The lowest BCUT2D eigenvalue weighted by atomic mass is 9.75. The molecule has 1 fully saturated rings. The van der Waals surface area contributed by atoms with E-state index in [0.717, 1.165) is 38.8 Å². The maximum absolute atomic E-state index is 12.2. The Labute approximate surface area is 112 Å². The smallest absolute Gasteiger partial charge is 0.311 e. The van der Waals surface area contributed by atoms with Crippen LogP contribution in [0, 0.1) is 17.3 Å². The van der Waals surface area contributed by atoms with E-state index in [1.165, 1.54) is 0 Å². The molecule has 0 amide bonds. The first-order chi connectivity index (χ1) is 8.44. The normalized spacial score (nSPS) is 21.1. The molecule has 18 heavy (non-hydrogen) atoms. The van der Waals surface area contributed by atoms with Crippen LogP contribution in [0.15, 0.2) is 0 Å². The first kappa shape index (κ1) is 15.5. The second kappa shape index (κ2) is 7.13.